The van der Waals surface area contributed by atoms with Crippen molar-refractivity contribution < 1.29 is 9.90 Å². The Hall–Kier alpha value is -0.610. The summed E-state index contributed by atoms with van der Waals surface area (Å²) in [6.07, 6.45) is -0.255. The Morgan fingerprint density at radius 2 is 2.44 bits per heavy atom. The molecule has 0 aliphatic carbocycles. The Bertz CT molecular complexity index is 114. The van der Waals surface area contributed by atoms with Gasteiger partial charge in [-0.1, -0.05) is 0 Å². The Morgan fingerprint density at radius 1 is 1.78 bits per heavy atom. The molecule has 0 bridgehead atoms. The third-order valence-electron chi connectivity index (χ3n) is 1.29. The van der Waals surface area contributed by atoms with E-state index in [1.807, 2.05) is 0 Å². The van der Waals surface area contributed by atoms with E-state index in [1.54, 1.807) is 0 Å². The lowest BCUT2D eigenvalue weighted by atomic mass is 10.1. The summed E-state index contributed by atoms with van der Waals surface area (Å²) < 4.78 is 0. The van der Waals surface area contributed by atoms with Gasteiger partial charge in [0.2, 0.25) is 5.91 Å². The van der Waals surface area contributed by atoms with Crippen LogP contribution in [0.2, 0.25) is 0 Å². The molecule has 1 heterocycles. The first kappa shape index (κ1) is 6.51. The van der Waals surface area contributed by atoms with E-state index in [1.165, 1.54) is 0 Å². The van der Waals surface area contributed by atoms with Gasteiger partial charge in [-0.2, -0.15) is 0 Å². The lowest BCUT2D eigenvalue weighted by Crippen LogP contribution is -2.49. The van der Waals surface area contributed by atoms with Crippen LogP contribution in [0.5, 0.6) is 0 Å². The highest BCUT2D eigenvalue weighted by Gasteiger charge is 2.21. The van der Waals surface area contributed by atoms with Crippen LogP contribution in [-0.4, -0.2) is 23.3 Å². The fourth-order valence-corrected chi connectivity index (χ4v) is 0.915. The molecule has 52 valence electrons. The Balaban J connectivity index is 2.43. The zero-order chi connectivity index (χ0) is 6.85. The molecule has 1 aliphatic heterocycles. The van der Waals surface area contributed by atoms with Gasteiger partial charge in [0.25, 0.3) is 0 Å². The van der Waals surface area contributed by atoms with Gasteiger partial charge in [-0.15, -0.1) is 0 Å². The average molecular weight is 130 g/mol. The number of hydrogen-bond acceptors (Lipinski definition) is 3. The van der Waals surface area contributed by atoms with Crippen LogP contribution in [0.15, 0.2) is 0 Å². The summed E-state index contributed by atoms with van der Waals surface area (Å²) in [4.78, 5) is 10.5. The summed E-state index contributed by atoms with van der Waals surface area (Å²) in [7, 11) is 0. The van der Waals surface area contributed by atoms with Crippen molar-refractivity contribution in [3.8, 4) is 0 Å². The number of hydrogen-bond donors (Lipinski definition) is 3. The van der Waals surface area contributed by atoms with Crippen molar-refractivity contribution in [3.63, 3.8) is 0 Å². The zero-order valence-electron chi connectivity index (χ0n) is 5.00. The number of carbonyl (C=O) groups excluding carboxylic acids is 1. The maximum absolute atomic E-state index is 10.5. The lowest BCUT2D eigenvalue weighted by Gasteiger charge is -2.23. The average Bonchev–Trinajstić information content (AvgIpc) is 1.59. The van der Waals surface area contributed by atoms with Gasteiger partial charge in [0.1, 0.15) is 0 Å². The first-order valence-electron chi connectivity index (χ1n) is 2.91. The van der Waals surface area contributed by atoms with Gasteiger partial charge in [-0.25, -0.2) is 0 Å². The maximum atomic E-state index is 10.5. The minimum Gasteiger partial charge on any atom is -0.392 e. The molecule has 4 N–H and O–H groups in total. The number of nitrogens with two attached hydrogens (primary N) is 1. The highest BCUT2D eigenvalue weighted by Crippen LogP contribution is 2.04. The number of aliphatic hydroxyl groups is 1. The van der Waals surface area contributed by atoms with E-state index in [-0.39, 0.29) is 18.5 Å². The van der Waals surface area contributed by atoms with Crippen LogP contribution < -0.4 is 11.1 Å². The van der Waals surface area contributed by atoms with Crippen molar-refractivity contribution in [2.45, 2.75) is 25.1 Å². The standard InChI is InChI=1S/C5H10N2O2/c6-4-1-3(8)2-5(9)7-4/h3-4,8H,1-2,6H2,(H,7,9). The molecule has 0 aromatic heterocycles. The second kappa shape index (κ2) is 2.33. The normalized spacial score (nSPS) is 36.0. The molecule has 2 atom stereocenters. The van der Waals surface area contributed by atoms with Gasteiger partial charge < -0.3 is 16.2 Å². The minimum atomic E-state index is -0.547. The van der Waals surface area contributed by atoms with Gasteiger partial charge in [-0.3, -0.25) is 4.79 Å². The molecular weight excluding hydrogens is 120 g/mol. The number of piperidine rings is 1. The van der Waals surface area contributed by atoms with E-state index in [9.17, 15) is 4.79 Å². The maximum Gasteiger partial charge on any atom is 0.223 e. The van der Waals surface area contributed by atoms with E-state index < -0.39 is 6.10 Å². The molecule has 1 fully saturated rings. The van der Waals surface area contributed by atoms with Crippen LogP contribution in [0.3, 0.4) is 0 Å². The van der Waals surface area contributed by atoms with Crippen molar-refractivity contribution in [1.82, 2.24) is 5.32 Å². The molecular formula is C5H10N2O2. The van der Waals surface area contributed by atoms with Crippen LogP contribution in [-0.2, 0) is 4.79 Å². The summed E-state index contributed by atoms with van der Waals surface area (Å²) in [6.45, 7) is 0. The SMILES string of the molecule is NC1CC(O)CC(=O)N1. The molecule has 4 nitrogen and oxygen atoms in total. The van der Waals surface area contributed by atoms with Crippen LogP contribution in [0.1, 0.15) is 12.8 Å². The third-order valence-corrected chi connectivity index (χ3v) is 1.29. The zero-order valence-corrected chi connectivity index (χ0v) is 5.00. The molecule has 1 aliphatic rings. The minimum absolute atomic E-state index is 0.166. The molecule has 0 aromatic rings. The number of nitrogens with one attached hydrogen (secondary N) is 1. The van der Waals surface area contributed by atoms with Crippen molar-refractivity contribution in [2.75, 3.05) is 0 Å². The van der Waals surface area contributed by atoms with Crippen molar-refractivity contribution in [2.24, 2.45) is 5.73 Å². The van der Waals surface area contributed by atoms with Crippen LogP contribution in [0.4, 0.5) is 0 Å². The van der Waals surface area contributed by atoms with Crippen LogP contribution in [0.25, 0.3) is 0 Å². The Kier molecular flexibility index (Phi) is 1.68. The van der Waals surface area contributed by atoms with Crippen molar-refractivity contribution >= 4 is 5.91 Å². The summed E-state index contributed by atoms with van der Waals surface area (Å²) in [6, 6.07) is 0. The van der Waals surface area contributed by atoms with Crippen LogP contribution >= 0.6 is 0 Å². The summed E-state index contributed by atoms with van der Waals surface area (Å²) in [5, 5.41) is 11.4. The number of amides is 1. The molecule has 9 heavy (non-hydrogen) atoms. The molecule has 0 radical (unpaired) electrons. The highest BCUT2D eigenvalue weighted by atomic mass is 16.3. The topological polar surface area (TPSA) is 75.3 Å². The van der Waals surface area contributed by atoms with Crippen molar-refractivity contribution in [3.05, 3.63) is 0 Å². The van der Waals surface area contributed by atoms with Crippen molar-refractivity contribution in [1.29, 1.82) is 0 Å². The molecule has 1 saturated heterocycles. The second-order valence-corrected chi connectivity index (χ2v) is 2.27. The van der Waals surface area contributed by atoms with E-state index in [0.717, 1.165) is 0 Å². The Morgan fingerprint density at radius 3 is 2.89 bits per heavy atom. The monoisotopic (exact) mass is 130 g/mol. The van der Waals surface area contributed by atoms with E-state index in [4.69, 9.17) is 10.8 Å². The van der Waals surface area contributed by atoms with Gasteiger partial charge >= 0.3 is 0 Å². The molecule has 0 saturated carbocycles. The number of rotatable bonds is 0. The fraction of sp³-hybridized carbons (Fsp3) is 0.800. The quantitative estimate of drug-likeness (QED) is 0.375. The summed E-state index contributed by atoms with van der Waals surface area (Å²) in [5.74, 6) is -0.166. The molecule has 1 amide bonds. The second-order valence-electron chi connectivity index (χ2n) is 2.27. The van der Waals surface area contributed by atoms with E-state index in [0.29, 0.717) is 6.42 Å². The third kappa shape index (κ3) is 1.65. The van der Waals surface area contributed by atoms with Gasteiger partial charge in [-0.05, 0) is 0 Å². The largest absolute Gasteiger partial charge is 0.392 e. The summed E-state index contributed by atoms with van der Waals surface area (Å²) in [5.41, 5.74) is 5.32. The van der Waals surface area contributed by atoms with E-state index >= 15 is 0 Å². The number of aliphatic hydroxyl groups excluding tert-OH is 1. The predicted molar refractivity (Wildman–Crippen MR) is 31.4 cm³/mol. The molecule has 4 heteroatoms. The van der Waals surface area contributed by atoms with Gasteiger partial charge in [0.05, 0.1) is 18.7 Å². The molecule has 0 aromatic carbocycles. The lowest BCUT2D eigenvalue weighted by molar-refractivity contribution is -0.126. The molecule has 2 unspecified atom stereocenters. The number of carbonyl (C=O) groups is 1. The van der Waals surface area contributed by atoms with Crippen LogP contribution in [0, 0.1) is 0 Å². The predicted octanol–water partition coefficient (Wildman–Crippen LogP) is -1.46. The molecule has 0 spiro atoms. The van der Waals surface area contributed by atoms with Gasteiger partial charge in [0.15, 0.2) is 0 Å². The first-order chi connectivity index (χ1) is 4.18. The highest BCUT2D eigenvalue weighted by molar-refractivity contribution is 5.77. The smallest absolute Gasteiger partial charge is 0.223 e. The van der Waals surface area contributed by atoms with Gasteiger partial charge in [0, 0.05) is 6.42 Å². The fourth-order valence-electron chi connectivity index (χ4n) is 0.915. The molecule has 1 rings (SSSR count). The summed E-state index contributed by atoms with van der Waals surface area (Å²) >= 11 is 0. The van der Waals surface area contributed by atoms with E-state index in [2.05, 4.69) is 5.32 Å². The first-order valence-corrected chi connectivity index (χ1v) is 2.91. The Labute approximate surface area is 53.0 Å².